The minimum atomic E-state index is -0.399. The molecule has 82 valence electrons. The SMILES string of the molecule is Cc1cc(F)cc(C(=O)c2coc(C)c2)c1. The Balaban J connectivity index is 2.41. The Kier molecular flexibility index (Phi) is 2.60. The summed E-state index contributed by atoms with van der Waals surface area (Å²) in [6, 6.07) is 5.92. The normalized spacial score (nSPS) is 10.4. The zero-order valence-electron chi connectivity index (χ0n) is 9.08. The van der Waals surface area contributed by atoms with E-state index in [4.69, 9.17) is 4.42 Å². The molecule has 0 atom stereocenters. The average Bonchev–Trinajstić information content (AvgIpc) is 2.62. The monoisotopic (exact) mass is 218 g/mol. The lowest BCUT2D eigenvalue weighted by Gasteiger charge is -2.00. The van der Waals surface area contributed by atoms with Crippen molar-refractivity contribution in [2.24, 2.45) is 0 Å². The molecule has 0 amide bonds. The van der Waals surface area contributed by atoms with Gasteiger partial charge in [0.1, 0.15) is 17.8 Å². The second-order valence-corrected chi connectivity index (χ2v) is 3.79. The molecule has 0 aliphatic carbocycles. The van der Waals surface area contributed by atoms with Gasteiger partial charge in [0.2, 0.25) is 0 Å². The predicted octanol–water partition coefficient (Wildman–Crippen LogP) is 3.27. The number of furan rings is 1. The Hall–Kier alpha value is -1.90. The van der Waals surface area contributed by atoms with E-state index in [0.29, 0.717) is 16.9 Å². The maximum absolute atomic E-state index is 13.1. The van der Waals surface area contributed by atoms with Crippen LogP contribution in [0.25, 0.3) is 0 Å². The Morgan fingerprint density at radius 3 is 2.44 bits per heavy atom. The largest absolute Gasteiger partial charge is 0.469 e. The van der Waals surface area contributed by atoms with Crippen LogP contribution in [0.2, 0.25) is 0 Å². The summed E-state index contributed by atoms with van der Waals surface area (Å²) in [6.45, 7) is 3.51. The highest BCUT2D eigenvalue weighted by Gasteiger charge is 2.12. The van der Waals surface area contributed by atoms with E-state index in [1.165, 1.54) is 18.4 Å². The first-order valence-electron chi connectivity index (χ1n) is 4.93. The van der Waals surface area contributed by atoms with Gasteiger partial charge in [-0.3, -0.25) is 4.79 Å². The van der Waals surface area contributed by atoms with E-state index in [1.54, 1.807) is 26.0 Å². The van der Waals surface area contributed by atoms with Crippen molar-refractivity contribution >= 4 is 5.78 Å². The van der Waals surface area contributed by atoms with Gasteiger partial charge in [-0.25, -0.2) is 4.39 Å². The summed E-state index contributed by atoms with van der Waals surface area (Å²) in [5.74, 6) is 0.0412. The second-order valence-electron chi connectivity index (χ2n) is 3.79. The summed E-state index contributed by atoms with van der Waals surface area (Å²) in [4.78, 5) is 11.9. The lowest BCUT2D eigenvalue weighted by Crippen LogP contribution is -2.00. The molecule has 0 saturated carbocycles. The van der Waals surface area contributed by atoms with Crippen LogP contribution in [-0.2, 0) is 0 Å². The molecule has 0 N–H and O–H groups in total. The molecule has 1 aromatic heterocycles. The van der Waals surface area contributed by atoms with Gasteiger partial charge in [-0.15, -0.1) is 0 Å². The standard InChI is InChI=1S/C13H11FO2/c1-8-3-10(6-12(14)4-8)13(15)11-5-9(2)16-7-11/h3-7H,1-2H3. The van der Waals surface area contributed by atoms with Crippen LogP contribution < -0.4 is 0 Å². The number of benzene rings is 1. The molecule has 1 heterocycles. The number of hydrogen-bond donors (Lipinski definition) is 0. The molecule has 2 rings (SSSR count). The van der Waals surface area contributed by atoms with Crippen molar-refractivity contribution in [3.63, 3.8) is 0 Å². The molecule has 16 heavy (non-hydrogen) atoms. The van der Waals surface area contributed by atoms with Gasteiger partial charge in [-0.2, -0.15) is 0 Å². The third kappa shape index (κ3) is 2.03. The van der Waals surface area contributed by atoms with Gasteiger partial charge in [0.25, 0.3) is 0 Å². The third-order valence-corrected chi connectivity index (χ3v) is 2.30. The van der Waals surface area contributed by atoms with Gasteiger partial charge in [-0.1, -0.05) is 0 Å². The van der Waals surface area contributed by atoms with E-state index >= 15 is 0 Å². The number of halogens is 1. The first-order valence-corrected chi connectivity index (χ1v) is 4.93. The number of carbonyl (C=O) groups excluding carboxylic acids is 1. The van der Waals surface area contributed by atoms with Gasteiger partial charge in [0, 0.05) is 5.56 Å². The maximum Gasteiger partial charge on any atom is 0.196 e. The highest BCUT2D eigenvalue weighted by atomic mass is 19.1. The third-order valence-electron chi connectivity index (χ3n) is 2.30. The number of aryl methyl sites for hydroxylation is 2. The van der Waals surface area contributed by atoms with Crippen molar-refractivity contribution in [1.82, 2.24) is 0 Å². The minimum absolute atomic E-state index is 0.223. The van der Waals surface area contributed by atoms with Gasteiger partial charge in [-0.05, 0) is 43.7 Å². The van der Waals surface area contributed by atoms with Gasteiger partial charge < -0.3 is 4.42 Å². The number of rotatable bonds is 2. The summed E-state index contributed by atoms with van der Waals surface area (Å²) in [6.07, 6.45) is 1.39. The van der Waals surface area contributed by atoms with E-state index in [2.05, 4.69) is 0 Å². The summed E-state index contributed by atoms with van der Waals surface area (Å²) in [5.41, 5.74) is 1.52. The Bertz CT molecular complexity index is 520. The number of carbonyl (C=O) groups is 1. The van der Waals surface area contributed by atoms with Crippen LogP contribution in [0.1, 0.15) is 27.2 Å². The highest BCUT2D eigenvalue weighted by molar-refractivity contribution is 6.08. The second kappa shape index (κ2) is 3.93. The summed E-state index contributed by atoms with van der Waals surface area (Å²) in [7, 11) is 0. The molecule has 0 aliphatic rings. The molecule has 1 aromatic carbocycles. The molecule has 0 bridgehead atoms. The lowest BCUT2D eigenvalue weighted by atomic mass is 10.0. The maximum atomic E-state index is 13.1. The molecule has 0 aliphatic heterocycles. The van der Waals surface area contributed by atoms with E-state index in [-0.39, 0.29) is 5.78 Å². The molecule has 0 fully saturated rings. The summed E-state index contributed by atoms with van der Waals surface area (Å²) >= 11 is 0. The topological polar surface area (TPSA) is 30.2 Å². The van der Waals surface area contributed by atoms with E-state index in [9.17, 15) is 9.18 Å². The molecule has 2 nitrogen and oxygen atoms in total. The van der Waals surface area contributed by atoms with E-state index in [0.717, 1.165) is 5.56 Å². The predicted molar refractivity (Wildman–Crippen MR) is 58.0 cm³/mol. The molecule has 0 radical (unpaired) electrons. The fourth-order valence-electron chi connectivity index (χ4n) is 1.60. The van der Waals surface area contributed by atoms with Crippen molar-refractivity contribution < 1.29 is 13.6 Å². The highest BCUT2D eigenvalue weighted by Crippen LogP contribution is 2.15. The number of hydrogen-bond acceptors (Lipinski definition) is 2. The van der Waals surface area contributed by atoms with Gasteiger partial charge >= 0.3 is 0 Å². The van der Waals surface area contributed by atoms with Crippen LogP contribution in [0.4, 0.5) is 4.39 Å². The van der Waals surface area contributed by atoms with Crippen molar-refractivity contribution in [3.8, 4) is 0 Å². The molecular weight excluding hydrogens is 207 g/mol. The first kappa shape index (κ1) is 10.6. The fraction of sp³-hybridized carbons (Fsp3) is 0.154. The molecule has 3 heteroatoms. The van der Waals surface area contributed by atoms with Crippen molar-refractivity contribution in [1.29, 1.82) is 0 Å². The zero-order valence-corrected chi connectivity index (χ0v) is 9.08. The summed E-state index contributed by atoms with van der Waals surface area (Å²) < 4.78 is 18.2. The average molecular weight is 218 g/mol. The van der Waals surface area contributed by atoms with Gasteiger partial charge in [0.05, 0.1) is 5.56 Å². The summed E-state index contributed by atoms with van der Waals surface area (Å²) in [5, 5.41) is 0. The first-order chi connectivity index (χ1) is 7.56. The van der Waals surface area contributed by atoms with Crippen LogP contribution in [0.3, 0.4) is 0 Å². The zero-order chi connectivity index (χ0) is 11.7. The van der Waals surface area contributed by atoms with Crippen molar-refractivity contribution in [3.05, 3.63) is 58.8 Å². The van der Waals surface area contributed by atoms with E-state index < -0.39 is 5.82 Å². The molecular formula is C13H11FO2. The van der Waals surface area contributed by atoms with Crippen LogP contribution in [0, 0.1) is 19.7 Å². The molecule has 0 unspecified atom stereocenters. The Morgan fingerprint density at radius 2 is 1.88 bits per heavy atom. The molecule has 2 aromatic rings. The fourth-order valence-corrected chi connectivity index (χ4v) is 1.60. The van der Waals surface area contributed by atoms with Crippen LogP contribution in [-0.4, -0.2) is 5.78 Å². The Labute approximate surface area is 92.7 Å². The number of ketones is 1. The van der Waals surface area contributed by atoms with Crippen LogP contribution >= 0.6 is 0 Å². The lowest BCUT2D eigenvalue weighted by molar-refractivity contribution is 0.103. The minimum Gasteiger partial charge on any atom is -0.469 e. The quantitative estimate of drug-likeness (QED) is 0.724. The van der Waals surface area contributed by atoms with Crippen LogP contribution in [0.15, 0.2) is 34.9 Å². The van der Waals surface area contributed by atoms with Crippen molar-refractivity contribution in [2.75, 3.05) is 0 Å². The van der Waals surface area contributed by atoms with Crippen LogP contribution in [0.5, 0.6) is 0 Å². The molecule has 0 saturated heterocycles. The van der Waals surface area contributed by atoms with E-state index in [1.807, 2.05) is 0 Å². The smallest absolute Gasteiger partial charge is 0.196 e. The molecule has 0 spiro atoms. The Morgan fingerprint density at radius 1 is 1.12 bits per heavy atom. The van der Waals surface area contributed by atoms with Gasteiger partial charge in [0.15, 0.2) is 5.78 Å². The van der Waals surface area contributed by atoms with Crippen molar-refractivity contribution in [2.45, 2.75) is 13.8 Å².